The Morgan fingerprint density at radius 1 is 1.08 bits per heavy atom. The zero-order valence-electron chi connectivity index (χ0n) is 7.70. The summed E-state index contributed by atoms with van der Waals surface area (Å²) in [6.45, 7) is 9.17. The molecule has 0 saturated heterocycles. The molecule has 0 aliphatic rings. The Labute approximate surface area is 76.8 Å². The maximum Gasteiger partial charge on any atom is 0.306 e. The first-order valence-electron chi connectivity index (χ1n) is 3.62. The van der Waals surface area contributed by atoms with Crippen molar-refractivity contribution < 1.29 is 19.1 Å². The predicted octanol–water partition coefficient (Wildman–Crippen LogP) is 1.18. The zero-order valence-corrected chi connectivity index (χ0v) is 7.70. The van der Waals surface area contributed by atoms with Gasteiger partial charge in [-0.15, -0.1) is 0 Å². The minimum atomic E-state index is -1.54. The minimum Gasteiger partial charge on any atom is -0.415 e. The Morgan fingerprint density at radius 3 is 1.54 bits per heavy atom. The molecule has 0 aromatic rings. The first-order valence-corrected chi connectivity index (χ1v) is 3.62. The standard InChI is InChI=1S/C9H12O4/c1-5-9(6-2,12-7(3)10)13-8(4)11/h5-6H,1-2H2,3-4H3. The van der Waals surface area contributed by atoms with E-state index in [0.29, 0.717) is 0 Å². The van der Waals surface area contributed by atoms with Crippen molar-refractivity contribution in [3.63, 3.8) is 0 Å². The van der Waals surface area contributed by atoms with Gasteiger partial charge in [0.2, 0.25) is 0 Å². The van der Waals surface area contributed by atoms with Crippen molar-refractivity contribution in [3.8, 4) is 0 Å². The number of carbonyl (C=O) groups is 2. The molecule has 0 aliphatic carbocycles. The van der Waals surface area contributed by atoms with Crippen molar-refractivity contribution in [3.05, 3.63) is 25.3 Å². The van der Waals surface area contributed by atoms with Crippen LogP contribution in [-0.2, 0) is 19.1 Å². The molecule has 0 radical (unpaired) electrons. The molecule has 0 atom stereocenters. The molecule has 0 unspecified atom stereocenters. The molecular formula is C9H12O4. The van der Waals surface area contributed by atoms with Gasteiger partial charge in [0.1, 0.15) is 0 Å². The Bertz CT molecular complexity index is 216. The maximum atomic E-state index is 10.6. The minimum absolute atomic E-state index is 0.582. The topological polar surface area (TPSA) is 52.6 Å². The molecule has 0 N–H and O–H groups in total. The van der Waals surface area contributed by atoms with E-state index in [-0.39, 0.29) is 0 Å². The lowest BCUT2D eigenvalue weighted by Crippen LogP contribution is -2.34. The molecule has 0 amide bonds. The van der Waals surface area contributed by atoms with Crippen molar-refractivity contribution in [1.82, 2.24) is 0 Å². The number of hydrogen-bond donors (Lipinski definition) is 0. The maximum absolute atomic E-state index is 10.6. The van der Waals surface area contributed by atoms with Crippen LogP contribution in [0.1, 0.15) is 13.8 Å². The van der Waals surface area contributed by atoms with E-state index in [1.54, 1.807) is 0 Å². The molecule has 0 spiro atoms. The van der Waals surface area contributed by atoms with Gasteiger partial charge < -0.3 is 9.47 Å². The summed E-state index contributed by atoms with van der Waals surface area (Å²) in [5, 5.41) is 0. The Kier molecular flexibility index (Phi) is 3.91. The molecule has 0 heterocycles. The Morgan fingerprint density at radius 2 is 1.38 bits per heavy atom. The molecule has 4 heteroatoms. The molecule has 72 valence electrons. The van der Waals surface area contributed by atoms with E-state index >= 15 is 0 Å². The lowest BCUT2D eigenvalue weighted by Gasteiger charge is -2.24. The number of hydrogen-bond acceptors (Lipinski definition) is 4. The second kappa shape index (κ2) is 4.45. The largest absolute Gasteiger partial charge is 0.415 e. The third-order valence-corrected chi connectivity index (χ3v) is 1.18. The fraction of sp³-hybridized carbons (Fsp3) is 0.333. The molecule has 4 nitrogen and oxygen atoms in total. The second-order valence-electron chi connectivity index (χ2n) is 2.32. The van der Waals surface area contributed by atoms with Gasteiger partial charge in [0, 0.05) is 13.8 Å². The van der Waals surface area contributed by atoms with Crippen LogP contribution in [0.2, 0.25) is 0 Å². The first kappa shape index (κ1) is 11.4. The van der Waals surface area contributed by atoms with Gasteiger partial charge in [-0.25, -0.2) is 0 Å². The highest BCUT2D eigenvalue weighted by atomic mass is 16.7. The van der Waals surface area contributed by atoms with Crippen molar-refractivity contribution in [2.24, 2.45) is 0 Å². The van der Waals surface area contributed by atoms with Crippen LogP contribution in [-0.4, -0.2) is 17.7 Å². The predicted molar refractivity (Wildman–Crippen MR) is 46.7 cm³/mol. The van der Waals surface area contributed by atoms with Crippen molar-refractivity contribution >= 4 is 11.9 Å². The smallest absolute Gasteiger partial charge is 0.306 e. The van der Waals surface area contributed by atoms with Crippen LogP contribution in [0, 0.1) is 0 Å². The molecular weight excluding hydrogens is 172 g/mol. The van der Waals surface area contributed by atoms with Crippen LogP contribution in [0.4, 0.5) is 0 Å². The van der Waals surface area contributed by atoms with E-state index in [1.807, 2.05) is 0 Å². The van der Waals surface area contributed by atoms with E-state index < -0.39 is 17.7 Å². The van der Waals surface area contributed by atoms with Gasteiger partial charge in [-0.1, -0.05) is 13.2 Å². The summed E-state index contributed by atoms with van der Waals surface area (Å²) < 4.78 is 9.46. The summed E-state index contributed by atoms with van der Waals surface area (Å²) in [6, 6.07) is 0. The zero-order chi connectivity index (χ0) is 10.5. The van der Waals surface area contributed by atoms with Gasteiger partial charge in [-0.3, -0.25) is 9.59 Å². The van der Waals surface area contributed by atoms with Gasteiger partial charge in [-0.05, 0) is 12.2 Å². The Balaban J connectivity index is 4.68. The third kappa shape index (κ3) is 3.55. The molecule has 13 heavy (non-hydrogen) atoms. The van der Waals surface area contributed by atoms with Gasteiger partial charge >= 0.3 is 11.9 Å². The number of ether oxygens (including phenoxy) is 2. The van der Waals surface area contributed by atoms with Gasteiger partial charge in [0.05, 0.1) is 0 Å². The van der Waals surface area contributed by atoms with Crippen LogP contribution >= 0.6 is 0 Å². The summed E-state index contributed by atoms with van der Waals surface area (Å²) in [4.78, 5) is 21.3. The monoisotopic (exact) mass is 184 g/mol. The van der Waals surface area contributed by atoms with Gasteiger partial charge in [-0.2, -0.15) is 0 Å². The van der Waals surface area contributed by atoms with Crippen LogP contribution in [0.3, 0.4) is 0 Å². The van der Waals surface area contributed by atoms with Crippen molar-refractivity contribution in [2.45, 2.75) is 19.6 Å². The summed E-state index contributed by atoms with van der Waals surface area (Å²) in [5.74, 6) is -2.71. The van der Waals surface area contributed by atoms with E-state index in [4.69, 9.17) is 9.47 Å². The molecule has 0 saturated carbocycles. The SMILES string of the molecule is C=CC(C=C)(OC(C)=O)OC(C)=O. The van der Waals surface area contributed by atoms with Gasteiger partial charge in [0.25, 0.3) is 5.79 Å². The van der Waals surface area contributed by atoms with Crippen LogP contribution < -0.4 is 0 Å². The highest BCUT2D eigenvalue weighted by Crippen LogP contribution is 2.16. The van der Waals surface area contributed by atoms with Crippen LogP contribution in [0.25, 0.3) is 0 Å². The fourth-order valence-corrected chi connectivity index (χ4v) is 0.720. The second-order valence-corrected chi connectivity index (χ2v) is 2.32. The lowest BCUT2D eigenvalue weighted by molar-refractivity contribution is -0.194. The van der Waals surface area contributed by atoms with Crippen molar-refractivity contribution in [1.29, 1.82) is 0 Å². The average Bonchev–Trinajstić information content (AvgIpc) is 2.01. The van der Waals surface area contributed by atoms with Crippen molar-refractivity contribution in [2.75, 3.05) is 0 Å². The molecule has 0 bridgehead atoms. The molecule has 0 aromatic carbocycles. The highest BCUT2D eigenvalue weighted by Gasteiger charge is 2.29. The molecule has 0 aliphatic heterocycles. The lowest BCUT2D eigenvalue weighted by atomic mass is 10.2. The first-order chi connectivity index (χ1) is 5.95. The van der Waals surface area contributed by atoms with E-state index in [1.165, 1.54) is 26.0 Å². The normalized spacial score (nSPS) is 10.0. The number of carbonyl (C=O) groups excluding carboxylic acids is 2. The van der Waals surface area contributed by atoms with E-state index in [9.17, 15) is 9.59 Å². The fourth-order valence-electron chi connectivity index (χ4n) is 0.720. The third-order valence-electron chi connectivity index (χ3n) is 1.18. The number of rotatable bonds is 4. The van der Waals surface area contributed by atoms with E-state index in [2.05, 4.69) is 13.2 Å². The molecule has 0 rings (SSSR count). The summed E-state index contributed by atoms with van der Waals surface area (Å²) in [7, 11) is 0. The molecule has 0 aromatic heterocycles. The van der Waals surface area contributed by atoms with E-state index in [0.717, 1.165) is 0 Å². The number of esters is 2. The van der Waals surface area contributed by atoms with Gasteiger partial charge in [0.15, 0.2) is 0 Å². The summed E-state index contributed by atoms with van der Waals surface area (Å²) in [6.07, 6.45) is 2.37. The average molecular weight is 184 g/mol. The quantitative estimate of drug-likeness (QED) is 0.374. The molecule has 0 fully saturated rings. The highest BCUT2D eigenvalue weighted by molar-refractivity contribution is 5.69. The van der Waals surface area contributed by atoms with Crippen LogP contribution in [0.15, 0.2) is 25.3 Å². The Hall–Kier alpha value is -1.58. The van der Waals surface area contributed by atoms with Crippen LogP contribution in [0.5, 0.6) is 0 Å². The summed E-state index contributed by atoms with van der Waals surface area (Å²) in [5.41, 5.74) is 0. The summed E-state index contributed by atoms with van der Waals surface area (Å²) >= 11 is 0.